The first-order chi connectivity index (χ1) is 11.6. The van der Waals surface area contributed by atoms with Gasteiger partial charge in [0.15, 0.2) is 0 Å². The van der Waals surface area contributed by atoms with Gasteiger partial charge < -0.3 is 5.11 Å². The maximum atomic E-state index is 10.6. The summed E-state index contributed by atoms with van der Waals surface area (Å²) in [6.45, 7) is 2.03. The largest absolute Gasteiger partial charge is 0.506 e. The van der Waals surface area contributed by atoms with E-state index in [0.29, 0.717) is 10.6 Å². The van der Waals surface area contributed by atoms with E-state index in [4.69, 9.17) is 0 Å². The standard InChI is InChI=1S/C19H13IN2OS/c1-12-6-2-3-7-13(12)17-11-24-19(22-17)15(10-21)18(23)14-8-4-5-9-16(14)20/h2-9,11,23H,1H3/b18-15+. The molecule has 0 bridgehead atoms. The summed E-state index contributed by atoms with van der Waals surface area (Å²) in [6, 6.07) is 17.5. The molecule has 0 spiro atoms. The quantitative estimate of drug-likeness (QED) is 0.322. The van der Waals surface area contributed by atoms with Gasteiger partial charge in [0.2, 0.25) is 0 Å². The molecule has 2 aromatic carbocycles. The lowest BCUT2D eigenvalue weighted by Crippen LogP contribution is -1.93. The summed E-state index contributed by atoms with van der Waals surface area (Å²) in [5, 5.41) is 22.5. The smallest absolute Gasteiger partial charge is 0.144 e. The molecule has 3 rings (SSSR count). The van der Waals surface area contributed by atoms with Crippen LogP contribution < -0.4 is 0 Å². The number of benzene rings is 2. The van der Waals surface area contributed by atoms with Gasteiger partial charge in [-0.1, -0.05) is 42.5 Å². The van der Waals surface area contributed by atoms with Crippen molar-refractivity contribution in [1.82, 2.24) is 4.98 Å². The highest BCUT2D eigenvalue weighted by molar-refractivity contribution is 14.1. The molecule has 0 saturated heterocycles. The van der Waals surface area contributed by atoms with E-state index in [0.717, 1.165) is 20.4 Å². The number of halogens is 1. The molecule has 0 unspecified atom stereocenters. The van der Waals surface area contributed by atoms with Crippen molar-refractivity contribution >= 4 is 45.3 Å². The Balaban J connectivity index is 2.08. The van der Waals surface area contributed by atoms with Gasteiger partial charge >= 0.3 is 0 Å². The predicted molar refractivity (Wildman–Crippen MR) is 107 cm³/mol. The van der Waals surface area contributed by atoms with Crippen molar-refractivity contribution in [3.63, 3.8) is 0 Å². The van der Waals surface area contributed by atoms with Crippen LogP contribution in [0.5, 0.6) is 0 Å². The lowest BCUT2D eigenvalue weighted by atomic mass is 10.1. The average molecular weight is 444 g/mol. The number of aliphatic hydroxyl groups is 1. The van der Waals surface area contributed by atoms with Crippen LogP contribution in [-0.2, 0) is 0 Å². The van der Waals surface area contributed by atoms with Crippen LogP contribution in [0.4, 0.5) is 0 Å². The highest BCUT2D eigenvalue weighted by atomic mass is 127. The van der Waals surface area contributed by atoms with E-state index < -0.39 is 0 Å². The predicted octanol–water partition coefficient (Wildman–Crippen LogP) is 5.67. The molecule has 0 saturated carbocycles. The zero-order valence-corrected chi connectivity index (χ0v) is 15.8. The number of aryl methyl sites for hydroxylation is 1. The second-order valence-corrected chi connectivity index (χ2v) is 7.19. The Kier molecular flexibility index (Phi) is 4.97. The van der Waals surface area contributed by atoms with Crippen molar-refractivity contribution in [3.05, 3.63) is 73.6 Å². The van der Waals surface area contributed by atoms with E-state index in [1.807, 2.05) is 54.8 Å². The van der Waals surface area contributed by atoms with Gasteiger partial charge in [-0.25, -0.2) is 4.98 Å². The van der Waals surface area contributed by atoms with Gasteiger partial charge in [0, 0.05) is 20.1 Å². The molecule has 1 heterocycles. The molecule has 0 aliphatic rings. The number of allylic oxidation sites excluding steroid dienone is 1. The number of aliphatic hydroxyl groups excluding tert-OH is 1. The van der Waals surface area contributed by atoms with Crippen molar-refractivity contribution in [1.29, 1.82) is 5.26 Å². The summed E-state index contributed by atoms with van der Waals surface area (Å²) in [5.41, 5.74) is 3.81. The summed E-state index contributed by atoms with van der Waals surface area (Å²) in [6.07, 6.45) is 0. The van der Waals surface area contributed by atoms with Crippen LogP contribution >= 0.6 is 33.9 Å². The molecule has 3 aromatic rings. The number of thiazole rings is 1. The average Bonchev–Trinajstić information content (AvgIpc) is 3.05. The van der Waals surface area contributed by atoms with Crippen LogP contribution in [0.2, 0.25) is 0 Å². The Morgan fingerprint density at radius 1 is 1.17 bits per heavy atom. The number of nitriles is 1. The third-order valence-electron chi connectivity index (χ3n) is 3.62. The van der Waals surface area contributed by atoms with Crippen LogP contribution in [-0.4, -0.2) is 10.1 Å². The van der Waals surface area contributed by atoms with E-state index in [-0.39, 0.29) is 11.3 Å². The Labute approximate surface area is 158 Å². The van der Waals surface area contributed by atoms with E-state index in [9.17, 15) is 10.4 Å². The van der Waals surface area contributed by atoms with Crippen LogP contribution in [0.15, 0.2) is 53.9 Å². The number of rotatable bonds is 3. The van der Waals surface area contributed by atoms with E-state index in [1.165, 1.54) is 11.3 Å². The van der Waals surface area contributed by atoms with E-state index in [2.05, 4.69) is 33.6 Å². The van der Waals surface area contributed by atoms with Gasteiger partial charge in [0.05, 0.1) is 5.69 Å². The third kappa shape index (κ3) is 3.21. The summed E-state index contributed by atoms with van der Waals surface area (Å²) >= 11 is 3.50. The highest BCUT2D eigenvalue weighted by Gasteiger charge is 2.17. The maximum absolute atomic E-state index is 10.6. The minimum Gasteiger partial charge on any atom is -0.506 e. The topological polar surface area (TPSA) is 56.9 Å². The van der Waals surface area contributed by atoms with Gasteiger partial charge in [0.1, 0.15) is 22.4 Å². The fourth-order valence-corrected chi connectivity index (χ4v) is 3.82. The molecule has 0 atom stereocenters. The van der Waals surface area contributed by atoms with Gasteiger partial charge in [-0.2, -0.15) is 5.26 Å². The van der Waals surface area contributed by atoms with Gasteiger partial charge in [-0.3, -0.25) is 0 Å². The van der Waals surface area contributed by atoms with Crippen LogP contribution in [0.25, 0.3) is 22.6 Å². The SMILES string of the molecule is Cc1ccccc1-c1csc(/C(C#N)=C(/O)c2ccccc2I)n1. The Bertz CT molecular complexity index is 969. The number of aromatic nitrogens is 1. The molecular formula is C19H13IN2OS. The van der Waals surface area contributed by atoms with Crippen molar-refractivity contribution < 1.29 is 5.11 Å². The first kappa shape index (κ1) is 16.7. The molecule has 24 heavy (non-hydrogen) atoms. The lowest BCUT2D eigenvalue weighted by Gasteiger charge is -2.05. The Morgan fingerprint density at radius 2 is 1.88 bits per heavy atom. The van der Waals surface area contributed by atoms with Gasteiger partial charge in [0.25, 0.3) is 0 Å². The van der Waals surface area contributed by atoms with E-state index >= 15 is 0 Å². The molecule has 118 valence electrons. The molecule has 0 aliphatic carbocycles. The summed E-state index contributed by atoms with van der Waals surface area (Å²) in [7, 11) is 0. The van der Waals surface area contributed by atoms with Crippen LogP contribution in [0.1, 0.15) is 16.1 Å². The van der Waals surface area contributed by atoms with Crippen LogP contribution in [0, 0.1) is 21.8 Å². The molecule has 5 heteroatoms. The van der Waals surface area contributed by atoms with Crippen molar-refractivity contribution in [2.45, 2.75) is 6.92 Å². The maximum Gasteiger partial charge on any atom is 0.144 e. The van der Waals surface area contributed by atoms with Gasteiger partial charge in [-0.15, -0.1) is 11.3 Å². The second-order valence-electron chi connectivity index (χ2n) is 5.17. The lowest BCUT2D eigenvalue weighted by molar-refractivity contribution is 0.513. The zero-order valence-electron chi connectivity index (χ0n) is 12.8. The first-order valence-corrected chi connectivity index (χ1v) is 9.18. The van der Waals surface area contributed by atoms with Crippen molar-refractivity contribution in [2.75, 3.05) is 0 Å². The fourth-order valence-electron chi connectivity index (χ4n) is 2.36. The number of hydrogen-bond donors (Lipinski definition) is 1. The zero-order chi connectivity index (χ0) is 17.1. The fraction of sp³-hybridized carbons (Fsp3) is 0.0526. The van der Waals surface area contributed by atoms with Crippen molar-refractivity contribution in [3.8, 4) is 17.3 Å². The molecule has 0 radical (unpaired) electrons. The second kappa shape index (κ2) is 7.16. The normalized spacial score (nSPS) is 11.7. The molecular weight excluding hydrogens is 431 g/mol. The summed E-state index contributed by atoms with van der Waals surface area (Å²) < 4.78 is 0.885. The minimum atomic E-state index is -0.0341. The molecule has 0 aliphatic heterocycles. The Hall–Kier alpha value is -2.17. The molecule has 3 nitrogen and oxygen atoms in total. The monoisotopic (exact) mass is 444 g/mol. The van der Waals surface area contributed by atoms with Crippen LogP contribution in [0.3, 0.4) is 0 Å². The summed E-state index contributed by atoms with van der Waals surface area (Å²) in [5.74, 6) is -0.0341. The summed E-state index contributed by atoms with van der Waals surface area (Å²) in [4.78, 5) is 4.56. The van der Waals surface area contributed by atoms with Crippen molar-refractivity contribution in [2.24, 2.45) is 0 Å². The molecule has 0 amide bonds. The number of nitrogens with zero attached hydrogens (tertiary/aromatic N) is 2. The molecule has 0 fully saturated rings. The van der Waals surface area contributed by atoms with E-state index in [1.54, 1.807) is 6.07 Å². The Morgan fingerprint density at radius 3 is 2.58 bits per heavy atom. The highest BCUT2D eigenvalue weighted by Crippen LogP contribution is 2.32. The van der Waals surface area contributed by atoms with Gasteiger partial charge in [-0.05, 0) is 41.1 Å². The minimum absolute atomic E-state index is 0.0341. The number of hydrogen-bond acceptors (Lipinski definition) is 4. The third-order valence-corrected chi connectivity index (χ3v) is 5.42. The first-order valence-electron chi connectivity index (χ1n) is 7.22. The molecule has 1 N–H and O–H groups in total. The molecule has 1 aromatic heterocycles.